The Labute approximate surface area is 260 Å². The summed E-state index contributed by atoms with van der Waals surface area (Å²) >= 11 is 0. The molecule has 0 spiro atoms. The Morgan fingerprint density at radius 2 is 1.18 bits per heavy atom. The second kappa shape index (κ2) is 10.3. The molecule has 2 aromatic heterocycles. The van der Waals surface area contributed by atoms with Crippen LogP contribution in [-0.4, -0.2) is 15.0 Å². The number of amidine groups is 1. The number of hydrogen-bond acceptors (Lipinski definition) is 3. The number of fused-ring (bicyclic) bond motifs is 5. The number of anilines is 1. The molecular weight excluding hydrogens is 550 g/mol. The third kappa shape index (κ3) is 4.05. The summed E-state index contributed by atoms with van der Waals surface area (Å²) in [6.45, 7) is 0. The van der Waals surface area contributed by atoms with E-state index in [-0.39, 0.29) is 6.17 Å². The zero-order chi connectivity index (χ0) is 29.7. The molecule has 0 aliphatic carbocycles. The zero-order valence-corrected chi connectivity index (χ0v) is 24.5. The maximum Gasteiger partial charge on any atom is 0.162 e. The van der Waals surface area contributed by atoms with E-state index < -0.39 is 0 Å². The molecule has 6 aromatic carbocycles. The molecule has 0 amide bonds. The van der Waals surface area contributed by atoms with Crippen LogP contribution in [0.2, 0.25) is 0 Å². The molecule has 3 heterocycles. The lowest BCUT2D eigenvalue weighted by atomic mass is 10.1. The molecule has 0 fully saturated rings. The number of hydrazone groups is 1. The Morgan fingerprint density at radius 3 is 1.96 bits per heavy atom. The van der Waals surface area contributed by atoms with Gasteiger partial charge in [-0.2, -0.15) is 5.10 Å². The molecule has 45 heavy (non-hydrogen) atoms. The predicted octanol–water partition coefficient (Wildman–Crippen LogP) is 9.20. The molecule has 0 bridgehead atoms. The van der Waals surface area contributed by atoms with Crippen molar-refractivity contribution in [3.05, 3.63) is 175 Å². The first-order valence-electron chi connectivity index (χ1n) is 15.3. The Morgan fingerprint density at radius 1 is 0.511 bits per heavy atom. The maximum atomic E-state index is 4.81. The van der Waals surface area contributed by atoms with E-state index in [2.05, 4.69) is 171 Å². The molecule has 1 unspecified atom stereocenters. The maximum absolute atomic E-state index is 4.81. The first-order chi connectivity index (χ1) is 22.3. The number of benzene rings is 6. The number of aromatic nitrogens is 2. The molecular formula is C40H29N5. The highest BCUT2D eigenvalue weighted by Crippen LogP contribution is 2.38. The molecule has 5 heteroatoms. The summed E-state index contributed by atoms with van der Waals surface area (Å²) in [5.74, 6) is 0.901. The van der Waals surface area contributed by atoms with Gasteiger partial charge in [0.05, 0.1) is 16.6 Å². The van der Waals surface area contributed by atoms with Crippen LogP contribution in [0.4, 0.5) is 5.69 Å². The highest BCUT2D eigenvalue weighted by Gasteiger charge is 2.31. The summed E-state index contributed by atoms with van der Waals surface area (Å²) in [6.07, 6.45) is 2.08. The van der Waals surface area contributed by atoms with Crippen LogP contribution in [0.5, 0.6) is 0 Å². The van der Waals surface area contributed by atoms with Gasteiger partial charge in [-0.05, 0) is 54.1 Å². The fraction of sp³-hybridized carbons (Fsp3) is 0.0250. The van der Waals surface area contributed by atoms with E-state index in [1.165, 1.54) is 32.7 Å². The van der Waals surface area contributed by atoms with Crippen molar-refractivity contribution >= 4 is 44.2 Å². The van der Waals surface area contributed by atoms with Gasteiger partial charge in [-0.25, -0.2) is 0 Å². The number of nitrogens with zero attached hydrogens (tertiary/aromatic N) is 4. The summed E-state index contributed by atoms with van der Waals surface area (Å²) < 4.78 is 4.73. The summed E-state index contributed by atoms with van der Waals surface area (Å²) in [6, 6.07) is 55.8. The standard InChI is InChI=1S/C40H29N5/c1-4-12-29(13-5-1)39-41-42-40(30-14-6-2-7-15-30)45(39)33-23-21-31(22-24-33)43-27-26-28-20-25-35-34-18-10-11-19-36(34)44(38(35)37(28)43)32-16-8-3-9-17-32/h1-27,39,41H. The van der Waals surface area contributed by atoms with Crippen molar-refractivity contribution in [1.29, 1.82) is 0 Å². The van der Waals surface area contributed by atoms with Crippen molar-refractivity contribution in [3.63, 3.8) is 0 Å². The fourth-order valence-electron chi connectivity index (χ4n) is 6.78. The minimum absolute atomic E-state index is 0.110. The quantitative estimate of drug-likeness (QED) is 0.221. The Bertz CT molecular complexity index is 2330. The van der Waals surface area contributed by atoms with Crippen molar-refractivity contribution in [2.45, 2.75) is 6.17 Å². The fourth-order valence-corrected chi connectivity index (χ4v) is 6.78. The van der Waals surface area contributed by atoms with Crippen molar-refractivity contribution in [3.8, 4) is 11.4 Å². The molecule has 1 N–H and O–H groups in total. The first kappa shape index (κ1) is 25.4. The Balaban J connectivity index is 1.20. The van der Waals surface area contributed by atoms with E-state index in [9.17, 15) is 0 Å². The van der Waals surface area contributed by atoms with Gasteiger partial charge in [0.25, 0.3) is 0 Å². The summed E-state index contributed by atoms with van der Waals surface area (Å²) in [5, 5.41) is 8.52. The average Bonchev–Trinajstić information content (AvgIpc) is 3.84. The smallest absolute Gasteiger partial charge is 0.162 e. The summed E-state index contributed by atoms with van der Waals surface area (Å²) in [7, 11) is 0. The van der Waals surface area contributed by atoms with Crippen molar-refractivity contribution in [1.82, 2.24) is 14.6 Å². The van der Waals surface area contributed by atoms with Crippen LogP contribution in [0.1, 0.15) is 17.3 Å². The van der Waals surface area contributed by atoms with Crippen molar-refractivity contribution < 1.29 is 0 Å². The average molecular weight is 580 g/mol. The van der Waals surface area contributed by atoms with E-state index in [0.29, 0.717) is 0 Å². The van der Waals surface area contributed by atoms with Gasteiger partial charge < -0.3 is 9.13 Å². The molecule has 1 aliphatic heterocycles. The van der Waals surface area contributed by atoms with Crippen molar-refractivity contribution in [2.24, 2.45) is 5.10 Å². The normalized spacial score (nSPS) is 14.7. The largest absolute Gasteiger partial charge is 0.315 e. The van der Waals surface area contributed by atoms with Gasteiger partial charge in [-0.3, -0.25) is 10.3 Å². The van der Waals surface area contributed by atoms with Gasteiger partial charge in [0.15, 0.2) is 5.84 Å². The first-order valence-corrected chi connectivity index (χ1v) is 15.3. The molecule has 0 saturated carbocycles. The monoisotopic (exact) mass is 579 g/mol. The Hall–Kier alpha value is -6.07. The summed E-state index contributed by atoms with van der Waals surface area (Å²) in [5.41, 5.74) is 12.6. The van der Waals surface area contributed by atoms with Crippen LogP contribution >= 0.6 is 0 Å². The number of nitrogens with one attached hydrogen (secondary N) is 1. The van der Waals surface area contributed by atoms with E-state index >= 15 is 0 Å². The molecule has 9 rings (SSSR count). The minimum atomic E-state index is -0.110. The van der Waals surface area contributed by atoms with Crippen LogP contribution in [0.15, 0.2) is 169 Å². The van der Waals surface area contributed by atoms with Crippen LogP contribution < -0.4 is 10.3 Å². The van der Waals surface area contributed by atoms with E-state index in [0.717, 1.165) is 34.0 Å². The molecule has 0 saturated heterocycles. The van der Waals surface area contributed by atoms with Gasteiger partial charge in [0, 0.05) is 45.0 Å². The highest BCUT2D eigenvalue weighted by molar-refractivity contribution is 6.18. The highest BCUT2D eigenvalue weighted by atomic mass is 15.5. The van der Waals surface area contributed by atoms with Gasteiger partial charge in [0.2, 0.25) is 0 Å². The van der Waals surface area contributed by atoms with Gasteiger partial charge >= 0.3 is 0 Å². The number of hydrogen-bond donors (Lipinski definition) is 1. The van der Waals surface area contributed by atoms with E-state index in [1.807, 2.05) is 12.1 Å². The third-order valence-corrected chi connectivity index (χ3v) is 8.83. The summed E-state index contributed by atoms with van der Waals surface area (Å²) in [4.78, 5) is 2.29. The minimum Gasteiger partial charge on any atom is -0.315 e. The van der Waals surface area contributed by atoms with Crippen LogP contribution in [0.25, 0.3) is 44.1 Å². The molecule has 5 nitrogen and oxygen atoms in total. The van der Waals surface area contributed by atoms with E-state index in [1.54, 1.807) is 0 Å². The second-order valence-electron chi connectivity index (χ2n) is 11.4. The molecule has 0 radical (unpaired) electrons. The van der Waals surface area contributed by atoms with Gasteiger partial charge in [0.1, 0.15) is 6.17 Å². The third-order valence-electron chi connectivity index (χ3n) is 8.83. The lowest BCUT2D eigenvalue weighted by molar-refractivity contribution is 0.617. The molecule has 8 aromatic rings. The topological polar surface area (TPSA) is 37.5 Å². The molecule has 1 aliphatic rings. The SMILES string of the molecule is c1ccc(C2=NNC(c3ccccc3)N2c2ccc(-n3ccc4ccc5c6ccccc6n(-c6ccccc6)c5c43)cc2)cc1. The lowest BCUT2D eigenvalue weighted by Gasteiger charge is -2.28. The van der Waals surface area contributed by atoms with Gasteiger partial charge in [-0.1, -0.05) is 109 Å². The predicted molar refractivity (Wildman–Crippen MR) is 185 cm³/mol. The molecule has 214 valence electrons. The molecule has 1 atom stereocenters. The Kier molecular flexibility index (Phi) is 5.81. The van der Waals surface area contributed by atoms with E-state index in [4.69, 9.17) is 5.10 Å². The lowest BCUT2D eigenvalue weighted by Crippen LogP contribution is -2.33. The number of rotatable bonds is 5. The van der Waals surface area contributed by atoms with Crippen LogP contribution in [0.3, 0.4) is 0 Å². The zero-order valence-electron chi connectivity index (χ0n) is 24.5. The van der Waals surface area contributed by atoms with Crippen molar-refractivity contribution in [2.75, 3.05) is 4.90 Å². The van der Waals surface area contributed by atoms with Gasteiger partial charge in [-0.15, -0.1) is 0 Å². The van der Waals surface area contributed by atoms with Crippen LogP contribution in [-0.2, 0) is 0 Å². The van der Waals surface area contributed by atoms with Crippen LogP contribution in [0, 0.1) is 0 Å². The number of para-hydroxylation sites is 2. The second-order valence-corrected chi connectivity index (χ2v) is 11.4.